The van der Waals surface area contributed by atoms with Crippen LogP contribution in [0.3, 0.4) is 0 Å². The predicted octanol–water partition coefficient (Wildman–Crippen LogP) is 4.57. The summed E-state index contributed by atoms with van der Waals surface area (Å²) in [5, 5.41) is 4.96. The molecule has 3 nitrogen and oxygen atoms in total. The number of amides is 1. The van der Waals surface area contributed by atoms with Gasteiger partial charge in [-0.2, -0.15) is 0 Å². The van der Waals surface area contributed by atoms with E-state index >= 15 is 0 Å². The van der Waals surface area contributed by atoms with Gasteiger partial charge in [0.1, 0.15) is 11.6 Å². The van der Waals surface area contributed by atoms with Gasteiger partial charge in [-0.15, -0.1) is 0 Å². The molecule has 2 aromatic carbocycles. The molecule has 7 heteroatoms. The van der Waals surface area contributed by atoms with Crippen LogP contribution in [0.5, 0.6) is 0 Å². The molecule has 0 aliphatic carbocycles. The van der Waals surface area contributed by atoms with Crippen molar-refractivity contribution in [3.05, 3.63) is 57.6 Å². The van der Waals surface area contributed by atoms with Gasteiger partial charge in [0.2, 0.25) is 0 Å². The summed E-state index contributed by atoms with van der Waals surface area (Å²) in [6.45, 7) is 0. The highest BCUT2D eigenvalue weighted by Gasteiger charge is 2.17. The Balaban J connectivity index is 2.38. The van der Waals surface area contributed by atoms with Gasteiger partial charge in [0.15, 0.2) is 0 Å². The van der Waals surface area contributed by atoms with Crippen molar-refractivity contribution in [1.29, 1.82) is 0 Å². The lowest BCUT2D eigenvalue weighted by molar-refractivity contribution is 0.102. The third-order valence-corrected chi connectivity index (χ3v) is 3.35. The quantitative estimate of drug-likeness (QED) is 0.865. The summed E-state index contributed by atoms with van der Waals surface area (Å²) in [5.74, 6) is -1.81. The average molecular weight is 331 g/mol. The Morgan fingerprint density at radius 3 is 2.29 bits per heavy atom. The van der Waals surface area contributed by atoms with Crippen molar-refractivity contribution < 1.29 is 13.6 Å². The summed E-state index contributed by atoms with van der Waals surface area (Å²) >= 11 is 11.7. The zero-order chi connectivity index (χ0) is 15.6. The van der Waals surface area contributed by atoms with E-state index in [2.05, 4.69) is 10.6 Å². The van der Waals surface area contributed by atoms with Gasteiger partial charge < -0.3 is 10.6 Å². The number of rotatable bonds is 3. The maximum absolute atomic E-state index is 13.6. The second-order valence-corrected chi connectivity index (χ2v) is 4.93. The Morgan fingerprint density at radius 1 is 1.10 bits per heavy atom. The minimum atomic E-state index is -0.621. The van der Waals surface area contributed by atoms with E-state index in [1.807, 2.05) is 0 Å². The van der Waals surface area contributed by atoms with Gasteiger partial charge in [-0.1, -0.05) is 29.3 Å². The first-order chi connectivity index (χ1) is 9.93. The van der Waals surface area contributed by atoms with Gasteiger partial charge in [-0.25, -0.2) is 8.78 Å². The summed E-state index contributed by atoms with van der Waals surface area (Å²) in [7, 11) is 1.49. The van der Waals surface area contributed by atoms with Gasteiger partial charge in [0.05, 0.1) is 27.0 Å². The maximum atomic E-state index is 13.6. The van der Waals surface area contributed by atoms with Gasteiger partial charge in [0, 0.05) is 7.05 Å². The molecule has 110 valence electrons. The highest BCUT2D eigenvalue weighted by atomic mass is 35.5. The molecule has 0 bridgehead atoms. The van der Waals surface area contributed by atoms with E-state index in [0.717, 1.165) is 12.1 Å². The molecular formula is C14H10Cl2F2N2O. The maximum Gasteiger partial charge on any atom is 0.257 e. The van der Waals surface area contributed by atoms with Crippen LogP contribution in [0, 0.1) is 11.6 Å². The molecule has 0 saturated carbocycles. The molecule has 0 aromatic heterocycles. The molecule has 0 radical (unpaired) electrons. The molecule has 2 aromatic rings. The lowest BCUT2D eigenvalue weighted by Gasteiger charge is -2.12. The normalized spacial score (nSPS) is 10.3. The number of carbonyl (C=O) groups is 1. The van der Waals surface area contributed by atoms with Crippen LogP contribution in [0.4, 0.5) is 20.2 Å². The van der Waals surface area contributed by atoms with Crippen molar-refractivity contribution in [3.63, 3.8) is 0 Å². The van der Waals surface area contributed by atoms with Gasteiger partial charge >= 0.3 is 0 Å². The first-order valence-electron chi connectivity index (χ1n) is 5.86. The predicted molar refractivity (Wildman–Crippen MR) is 80.3 cm³/mol. The smallest absolute Gasteiger partial charge is 0.257 e. The Morgan fingerprint density at radius 2 is 1.71 bits per heavy atom. The van der Waals surface area contributed by atoms with E-state index in [1.54, 1.807) is 0 Å². The van der Waals surface area contributed by atoms with Crippen LogP contribution < -0.4 is 10.6 Å². The molecular weight excluding hydrogens is 321 g/mol. The van der Waals surface area contributed by atoms with Crippen LogP contribution in [-0.2, 0) is 0 Å². The van der Waals surface area contributed by atoms with Gasteiger partial charge in [-0.3, -0.25) is 4.79 Å². The molecule has 0 aliphatic rings. The summed E-state index contributed by atoms with van der Waals surface area (Å²) in [6.07, 6.45) is 0. The van der Waals surface area contributed by atoms with Crippen LogP contribution in [0.2, 0.25) is 10.0 Å². The molecule has 2 N–H and O–H groups in total. The van der Waals surface area contributed by atoms with E-state index < -0.39 is 17.5 Å². The molecule has 0 heterocycles. The standard InChI is InChI=1S/C14H10Cl2F2N2O/c1-19-12-8(3-2-4-11(12)18)14(21)20-13-9(15)5-7(17)6-10(13)16/h2-6,19H,1H3,(H,20,21). The molecule has 0 spiro atoms. The van der Waals surface area contributed by atoms with Crippen LogP contribution in [0.25, 0.3) is 0 Å². The van der Waals surface area contributed by atoms with Gasteiger partial charge in [0.25, 0.3) is 5.91 Å². The molecule has 0 unspecified atom stereocenters. The summed E-state index contributed by atoms with van der Waals surface area (Å²) in [6, 6.07) is 6.11. The average Bonchev–Trinajstić information content (AvgIpc) is 2.42. The van der Waals surface area contributed by atoms with Crippen molar-refractivity contribution in [2.24, 2.45) is 0 Å². The number of benzene rings is 2. The lowest BCUT2D eigenvalue weighted by Crippen LogP contribution is -2.15. The fourth-order valence-corrected chi connectivity index (χ4v) is 2.36. The second kappa shape index (κ2) is 6.28. The Hall–Kier alpha value is -1.85. The zero-order valence-corrected chi connectivity index (χ0v) is 12.3. The fourth-order valence-electron chi connectivity index (χ4n) is 1.81. The van der Waals surface area contributed by atoms with Crippen LogP contribution in [0.15, 0.2) is 30.3 Å². The molecule has 1 amide bonds. The molecule has 21 heavy (non-hydrogen) atoms. The van der Waals surface area contributed by atoms with E-state index in [-0.39, 0.29) is 27.0 Å². The van der Waals surface area contributed by atoms with Gasteiger partial charge in [-0.05, 0) is 24.3 Å². The monoisotopic (exact) mass is 330 g/mol. The number of hydrogen-bond acceptors (Lipinski definition) is 2. The van der Waals surface area contributed by atoms with E-state index in [1.165, 1.54) is 25.2 Å². The van der Waals surface area contributed by atoms with Crippen molar-refractivity contribution in [1.82, 2.24) is 0 Å². The van der Waals surface area contributed by atoms with E-state index in [0.29, 0.717) is 0 Å². The number of halogens is 4. The van der Waals surface area contributed by atoms with Crippen molar-refractivity contribution in [3.8, 4) is 0 Å². The number of para-hydroxylation sites is 1. The topological polar surface area (TPSA) is 41.1 Å². The number of anilines is 2. The highest BCUT2D eigenvalue weighted by molar-refractivity contribution is 6.40. The lowest BCUT2D eigenvalue weighted by atomic mass is 10.1. The van der Waals surface area contributed by atoms with Crippen molar-refractivity contribution in [2.75, 3.05) is 17.7 Å². The Labute approximate surface area is 129 Å². The third kappa shape index (κ3) is 3.25. The largest absolute Gasteiger partial charge is 0.385 e. The third-order valence-electron chi connectivity index (χ3n) is 2.75. The van der Waals surface area contributed by atoms with Crippen LogP contribution in [-0.4, -0.2) is 13.0 Å². The first kappa shape index (κ1) is 15.5. The number of hydrogen-bond donors (Lipinski definition) is 2. The Kier molecular flexibility index (Phi) is 4.65. The molecule has 2 rings (SSSR count). The zero-order valence-electron chi connectivity index (χ0n) is 10.8. The first-order valence-corrected chi connectivity index (χ1v) is 6.61. The fraction of sp³-hybridized carbons (Fsp3) is 0.0714. The van der Waals surface area contributed by atoms with Crippen LogP contribution in [0.1, 0.15) is 10.4 Å². The second-order valence-electron chi connectivity index (χ2n) is 4.11. The molecule has 0 fully saturated rings. The summed E-state index contributed by atoms with van der Waals surface area (Å²) in [4.78, 5) is 12.2. The minimum Gasteiger partial charge on any atom is -0.385 e. The number of carbonyl (C=O) groups excluding carboxylic acids is 1. The van der Waals surface area contributed by atoms with Crippen LogP contribution >= 0.6 is 23.2 Å². The number of nitrogens with one attached hydrogen (secondary N) is 2. The summed E-state index contributed by atoms with van der Waals surface area (Å²) in [5.41, 5.74) is 0.189. The van der Waals surface area contributed by atoms with Crippen molar-refractivity contribution >= 4 is 40.5 Å². The molecule has 0 saturated heterocycles. The minimum absolute atomic E-state index is 0.0456. The highest BCUT2D eigenvalue weighted by Crippen LogP contribution is 2.32. The van der Waals surface area contributed by atoms with E-state index in [9.17, 15) is 13.6 Å². The summed E-state index contributed by atoms with van der Waals surface area (Å²) < 4.78 is 26.7. The molecule has 0 aliphatic heterocycles. The van der Waals surface area contributed by atoms with Crippen molar-refractivity contribution in [2.45, 2.75) is 0 Å². The molecule has 0 atom stereocenters. The van der Waals surface area contributed by atoms with E-state index in [4.69, 9.17) is 23.2 Å². The SMILES string of the molecule is CNc1c(F)cccc1C(=O)Nc1c(Cl)cc(F)cc1Cl. The Bertz CT molecular complexity index is 684.